The molecule has 228 valence electrons. The van der Waals surface area contributed by atoms with Gasteiger partial charge in [0.1, 0.15) is 11.3 Å². The monoisotopic (exact) mass is 644 g/mol. The molecule has 0 amide bonds. The Balaban J connectivity index is 1.56. The second kappa shape index (κ2) is 11.1. The molecule has 0 fully saturated rings. The van der Waals surface area contributed by atoms with Crippen LogP contribution >= 0.6 is 0 Å². The summed E-state index contributed by atoms with van der Waals surface area (Å²) in [4.78, 5) is 0. The summed E-state index contributed by atoms with van der Waals surface area (Å²) in [5.74, 6) is -0.523. The molecule has 1 heterocycles. The first-order valence-electron chi connectivity index (χ1n) is 26.1. The molecule has 1 aromatic heterocycles. The van der Waals surface area contributed by atoms with Gasteiger partial charge >= 0.3 is 0 Å². The lowest BCUT2D eigenvalue weighted by molar-refractivity contribution is 0.633. The molecule has 10 aromatic rings. The van der Waals surface area contributed by atoms with Crippen molar-refractivity contribution in [1.82, 2.24) is 0 Å². The lowest BCUT2D eigenvalue weighted by Crippen LogP contribution is -1.92. The summed E-state index contributed by atoms with van der Waals surface area (Å²) in [6, 6.07) is -3.77. The Morgan fingerprint density at radius 2 is 1.00 bits per heavy atom. The molecule has 49 heavy (non-hydrogen) atoms. The molecule has 0 saturated heterocycles. The standard InChI is InChI=1S/C48H30O/c1-3-14-31(15-4-1)34-27-29-44-43(30-34)47(48(49-44)42-25-13-24-36-35-19-8-7-16-32(35)26-28-37(36)42)46-40-22-11-9-20-38(40)45(33-17-5-2-6-18-33)39-21-10-12-23-41(39)46/h1-30H/i1D,3D,4D,7D,8D,9D,10D,11D,12D,13D,14D,15D,16D,19D,20D,21D,22D,23D,24D,25D,26D,28D. The van der Waals surface area contributed by atoms with Crippen LogP contribution in [0, 0.1) is 0 Å². The van der Waals surface area contributed by atoms with E-state index in [1.54, 1.807) is 30.3 Å². The van der Waals surface area contributed by atoms with E-state index >= 15 is 0 Å². The van der Waals surface area contributed by atoms with Crippen LogP contribution in [-0.4, -0.2) is 0 Å². The SMILES string of the molecule is [2H]c1c([2H])c([2H])c(-c2ccc3oc(-c4c([2H])c([2H])c([2H])c5c4c([2H])c([2H])c4c([2H])c([2H])c([2H])c([2H])c45)c(-c4c5c([2H])c([2H])c([2H])c([2H])c5c(-c5ccccc5)c5c([2H])c([2H])c([2H])c([2H])c45)c3c2)c([2H])c1[2H]. The molecule has 0 unspecified atom stereocenters. The van der Waals surface area contributed by atoms with Crippen molar-refractivity contribution >= 4 is 54.1 Å². The van der Waals surface area contributed by atoms with E-state index in [0.717, 1.165) is 0 Å². The summed E-state index contributed by atoms with van der Waals surface area (Å²) in [6.45, 7) is 0. The average Bonchev–Trinajstić information content (AvgIpc) is 3.73. The third-order valence-corrected chi connectivity index (χ3v) is 8.52. The fourth-order valence-corrected chi connectivity index (χ4v) is 6.45. The lowest BCUT2D eigenvalue weighted by Gasteiger charge is -2.18. The first-order chi connectivity index (χ1) is 33.5. The van der Waals surface area contributed by atoms with E-state index < -0.39 is 166 Å². The van der Waals surface area contributed by atoms with Gasteiger partial charge in [0.25, 0.3) is 0 Å². The lowest BCUT2D eigenvalue weighted by atomic mass is 9.84. The summed E-state index contributed by atoms with van der Waals surface area (Å²) in [5, 5.41) is -3.06. The summed E-state index contributed by atoms with van der Waals surface area (Å²) in [6.07, 6.45) is 0. The van der Waals surface area contributed by atoms with Gasteiger partial charge in [0.05, 0.1) is 30.2 Å². The van der Waals surface area contributed by atoms with Crippen molar-refractivity contribution in [2.75, 3.05) is 0 Å². The van der Waals surface area contributed by atoms with Crippen molar-refractivity contribution < 1.29 is 34.6 Å². The molecule has 1 nitrogen and oxygen atoms in total. The zero-order valence-electron chi connectivity index (χ0n) is 47.0. The molecular weight excluding hydrogens is 593 g/mol. The van der Waals surface area contributed by atoms with E-state index in [4.69, 9.17) is 22.2 Å². The van der Waals surface area contributed by atoms with Crippen molar-refractivity contribution in [2.24, 2.45) is 0 Å². The number of hydrogen-bond donors (Lipinski definition) is 0. The van der Waals surface area contributed by atoms with Crippen molar-refractivity contribution in [2.45, 2.75) is 0 Å². The minimum absolute atomic E-state index is 0.0148. The van der Waals surface area contributed by atoms with Crippen molar-refractivity contribution in [3.05, 3.63) is 181 Å². The van der Waals surface area contributed by atoms with Gasteiger partial charge in [-0.2, -0.15) is 0 Å². The van der Waals surface area contributed by atoms with Crippen LogP contribution in [0.1, 0.15) is 30.2 Å². The first kappa shape index (κ1) is 13.6. The Hall–Kier alpha value is -6.44. The van der Waals surface area contributed by atoms with Gasteiger partial charge in [-0.3, -0.25) is 0 Å². The first-order valence-corrected chi connectivity index (χ1v) is 15.1. The van der Waals surface area contributed by atoms with Gasteiger partial charge in [-0.25, -0.2) is 0 Å². The molecule has 0 radical (unpaired) electrons. The number of rotatable bonds is 4. The minimum atomic E-state index is -0.845. The number of hydrogen-bond acceptors (Lipinski definition) is 1. The molecule has 0 N–H and O–H groups in total. The number of furan rings is 1. The van der Waals surface area contributed by atoms with Gasteiger partial charge in [0.2, 0.25) is 0 Å². The van der Waals surface area contributed by atoms with E-state index in [-0.39, 0.29) is 65.9 Å². The second-order valence-electron chi connectivity index (χ2n) is 11.1. The molecule has 0 aliphatic rings. The highest BCUT2D eigenvalue weighted by Crippen LogP contribution is 2.51. The van der Waals surface area contributed by atoms with Crippen molar-refractivity contribution in [1.29, 1.82) is 0 Å². The molecule has 0 saturated carbocycles. The molecule has 9 aromatic carbocycles. The summed E-state index contributed by atoms with van der Waals surface area (Å²) < 4.78 is 205. The van der Waals surface area contributed by atoms with Crippen LogP contribution in [0.2, 0.25) is 0 Å². The second-order valence-corrected chi connectivity index (χ2v) is 11.1. The van der Waals surface area contributed by atoms with E-state index in [1.165, 1.54) is 18.2 Å². The molecule has 0 bridgehead atoms. The highest BCUT2D eigenvalue weighted by Gasteiger charge is 2.25. The molecule has 0 aliphatic heterocycles. The number of benzene rings is 9. The predicted molar refractivity (Wildman–Crippen MR) is 208 cm³/mol. The van der Waals surface area contributed by atoms with Crippen molar-refractivity contribution in [3.8, 4) is 44.7 Å². The van der Waals surface area contributed by atoms with Gasteiger partial charge in [0.15, 0.2) is 0 Å². The normalized spacial score (nSPS) is 18.0. The van der Waals surface area contributed by atoms with E-state index in [2.05, 4.69) is 0 Å². The van der Waals surface area contributed by atoms with Crippen LogP contribution in [-0.2, 0) is 0 Å². The van der Waals surface area contributed by atoms with Crippen LogP contribution in [0.4, 0.5) is 0 Å². The minimum Gasteiger partial charge on any atom is -0.455 e. The van der Waals surface area contributed by atoms with Crippen LogP contribution in [0.25, 0.3) is 98.8 Å². The average molecular weight is 645 g/mol. The Morgan fingerprint density at radius 3 is 1.73 bits per heavy atom. The van der Waals surface area contributed by atoms with Crippen LogP contribution in [0.3, 0.4) is 0 Å². The Kier molecular flexibility index (Phi) is 3.07. The smallest absolute Gasteiger partial charge is 0.143 e. The third kappa shape index (κ3) is 4.33. The largest absolute Gasteiger partial charge is 0.455 e. The Labute approximate surface area is 315 Å². The fourth-order valence-electron chi connectivity index (χ4n) is 6.45. The topological polar surface area (TPSA) is 13.1 Å². The predicted octanol–water partition coefficient (Wildman–Crippen LogP) is 13.7. The van der Waals surface area contributed by atoms with Gasteiger partial charge < -0.3 is 4.42 Å². The molecule has 0 aliphatic carbocycles. The van der Waals surface area contributed by atoms with Crippen LogP contribution in [0.15, 0.2) is 186 Å². The zero-order valence-corrected chi connectivity index (χ0v) is 25.0. The molecular formula is C48H30O. The maximum absolute atomic E-state index is 9.64. The van der Waals surface area contributed by atoms with Crippen LogP contribution < -0.4 is 0 Å². The highest BCUT2D eigenvalue weighted by molar-refractivity contribution is 6.26. The van der Waals surface area contributed by atoms with Crippen molar-refractivity contribution in [3.63, 3.8) is 0 Å². The van der Waals surface area contributed by atoms with Crippen LogP contribution in [0.5, 0.6) is 0 Å². The highest BCUT2D eigenvalue weighted by atomic mass is 16.3. The zero-order chi connectivity index (χ0) is 51.5. The number of fused-ring (bicyclic) bond motifs is 6. The Bertz CT molecular complexity index is 4020. The fraction of sp³-hybridized carbons (Fsp3) is 0. The maximum atomic E-state index is 9.64. The summed E-state index contributed by atoms with van der Waals surface area (Å²) >= 11 is 0. The summed E-state index contributed by atoms with van der Waals surface area (Å²) in [7, 11) is 0. The molecule has 0 spiro atoms. The molecule has 1 heteroatoms. The third-order valence-electron chi connectivity index (χ3n) is 8.52. The van der Waals surface area contributed by atoms with E-state index in [1.807, 2.05) is 0 Å². The quantitative estimate of drug-likeness (QED) is 0.137. The van der Waals surface area contributed by atoms with Gasteiger partial charge in [0, 0.05) is 22.1 Å². The van der Waals surface area contributed by atoms with Gasteiger partial charge in [-0.1, -0.05) is 169 Å². The maximum Gasteiger partial charge on any atom is 0.143 e. The molecule has 10 rings (SSSR count). The van der Waals surface area contributed by atoms with E-state index in [0.29, 0.717) is 0 Å². The van der Waals surface area contributed by atoms with Gasteiger partial charge in [-0.15, -0.1) is 0 Å². The van der Waals surface area contributed by atoms with E-state index in [9.17, 15) is 12.3 Å². The Morgan fingerprint density at radius 1 is 0.367 bits per heavy atom. The molecule has 0 atom stereocenters. The van der Waals surface area contributed by atoms with Gasteiger partial charge in [-0.05, 0) is 77.5 Å². The summed E-state index contributed by atoms with van der Waals surface area (Å²) in [5.41, 5.74) is -1.39.